The largest absolute Gasteiger partial charge is 0.0815 e. The molecule has 1 aliphatic heterocycles. The minimum Gasteiger partial charge on any atom is -0.0815 e. The van der Waals surface area contributed by atoms with Crippen LogP contribution in [0, 0.1) is 11.8 Å². The van der Waals surface area contributed by atoms with Crippen LogP contribution in [-0.2, 0) is 0 Å². The summed E-state index contributed by atoms with van der Waals surface area (Å²) in [6.07, 6.45) is 17.8. The highest BCUT2D eigenvalue weighted by atomic mass is 32.2. The lowest BCUT2D eigenvalue weighted by Crippen LogP contribution is -2.06. The summed E-state index contributed by atoms with van der Waals surface area (Å²) in [5.41, 5.74) is 1.52. The minimum absolute atomic E-state index is 0.441. The first-order valence-electron chi connectivity index (χ1n) is 6.80. The van der Waals surface area contributed by atoms with Crippen molar-refractivity contribution in [1.82, 2.24) is 0 Å². The first-order valence-corrected chi connectivity index (χ1v) is 8.44. The Morgan fingerprint density at radius 2 is 1.15 bits per heavy atom. The number of allylic oxidation sites excluding steroid dienone is 9. The molecular weight excluding hydrogens is 280 g/mol. The molecule has 0 nitrogen and oxygen atoms in total. The average Bonchev–Trinajstić information content (AvgIpc) is 3.21. The molecule has 0 saturated heterocycles. The lowest BCUT2D eigenvalue weighted by molar-refractivity contribution is 0.836. The molecule has 4 rings (SSSR count). The molecule has 0 atom stereocenters. The Hall–Kier alpha value is -1.38. The van der Waals surface area contributed by atoms with E-state index in [9.17, 15) is 0 Å². The molecule has 0 spiro atoms. The number of fused-ring (bicyclic) bond motifs is 1. The number of thioether (sulfide) groups is 2. The Morgan fingerprint density at radius 1 is 0.700 bits per heavy atom. The Kier molecular flexibility index (Phi) is 3.21. The number of rotatable bonds is 2. The summed E-state index contributed by atoms with van der Waals surface area (Å²) in [6, 6.07) is 8.69. The van der Waals surface area contributed by atoms with Gasteiger partial charge in [0.1, 0.15) is 0 Å². The van der Waals surface area contributed by atoms with Crippen molar-refractivity contribution < 1.29 is 0 Å². The van der Waals surface area contributed by atoms with E-state index in [2.05, 4.69) is 72.9 Å². The highest BCUT2D eigenvalue weighted by Gasteiger charge is 2.27. The van der Waals surface area contributed by atoms with Crippen molar-refractivity contribution in [3.8, 4) is 0 Å². The average molecular weight is 294 g/mol. The maximum Gasteiger partial charge on any atom is 0.0509 e. The Balaban J connectivity index is 1.77. The van der Waals surface area contributed by atoms with Crippen LogP contribution in [0.4, 0.5) is 0 Å². The summed E-state index contributed by atoms with van der Waals surface area (Å²) in [4.78, 5) is 2.78. The van der Waals surface area contributed by atoms with E-state index in [4.69, 9.17) is 0 Å². The van der Waals surface area contributed by atoms with Crippen LogP contribution in [0.15, 0.2) is 92.5 Å². The first-order chi connectivity index (χ1) is 9.92. The van der Waals surface area contributed by atoms with Gasteiger partial charge in [-0.3, -0.25) is 0 Å². The second-order valence-corrected chi connectivity index (χ2v) is 7.35. The number of hydrogen-bond acceptors (Lipinski definition) is 2. The molecule has 0 saturated carbocycles. The van der Waals surface area contributed by atoms with Gasteiger partial charge in [-0.2, -0.15) is 0 Å². The second-order valence-electron chi connectivity index (χ2n) is 4.98. The minimum atomic E-state index is 0.441. The van der Waals surface area contributed by atoms with Crippen molar-refractivity contribution in [2.24, 2.45) is 11.8 Å². The molecule has 0 N–H and O–H groups in total. The van der Waals surface area contributed by atoms with Gasteiger partial charge in [0.05, 0.1) is 4.24 Å². The summed E-state index contributed by atoms with van der Waals surface area (Å²) in [6.45, 7) is 0. The SMILES string of the molecule is C1=CC(C(=C2Sc3ccccc3S2)C2C=CC=C2)C=C1. The zero-order valence-corrected chi connectivity index (χ0v) is 12.5. The topological polar surface area (TPSA) is 0 Å². The quantitative estimate of drug-likeness (QED) is 0.698. The van der Waals surface area contributed by atoms with Crippen molar-refractivity contribution in [2.75, 3.05) is 0 Å². The lowest BCUT2D eigenvalue weighted by Gasteiger charge is -2.18. The molecule has 0 aromatic heterocycles. The van der Waals surface area contributed by atoms with Crippen molar-refractivity contribution in [1.29, 1.82) is 0 Å². The molecule has 20 heavy (non-hydrogen) atoms. The lowest BCUT2D eigenvalue weighted by atomic mass is 9.91. The monoisotopic (exact) mass is 294 g/mol. The molecule has 0 amide bonds. The predicted octanol–water partition coefficient (Wildman–Crippen LogP) is 5.58. The van der Waals surface area contributed by atoms with Gasteiger partial charge in [0.25, 0.3) is 0 Å². The standard InChI is InChI=1S/C18H14S2/c1-2-8-13(7-1)17(14-9-3-4-10-14)18-19-15-11-5-6-12-16(15)20-18/h1-14H. The molecule has 1 heterocycles. The van der Waals surface area contributed by atoms with Gasteiger partial charge < -0.3 is 0 Å². The van der Waals surface area contributed by atoms with E-state index in [0.29, 0.717) is 11.8 Å². The van der Waals surface area contributed by atoms with Crippen molar-refractivity contribution in [2.45, 2.75) is 9.79 Å². The van der Waals surface area contributed by atoms with Crippen LogP contribution in [-0.4, -0.2) is 0 Å². The zero-order chi connectivity index (χ0) is 13.4. The van der Waals surface area contributed by atoms with E-state index in [1.165, 1.54) is 19.6 Å². The van der Waals surface area contributed by atoms with Gasteiger partial charge in [-0.25, -0.2) is 0 Å². The molecule has 0 fully saturated rings. The van der Waals surface area contributed by atoms with E-state index >= 15 is 0 Å². The summed E-state index contributed by atoms with van der Waals surface area (Å²) >= 11 is 3.85. The third kappa shape index (κ3) is 2.13. The summed E-state index contributed by atoms with van der Waals surface area (Å²) in [7, 11) is 0. The first kappa shape index (κ1) is 12.4. The molecule has 2 heteroatoms. The van der Waals surface area contributed by atoms with E-state index in [0.717, 1.165) is 0 Å². The molecule has 2 aliphatic carbocycles. The maximum atomic E-state index is 2.30. The number of hydrogen-bond donors (Lipinski definition) is 0. The summed E-state index contributed by atoms with van der Waals surface area (Å²) in [5, 5.41) is 0. The summed E-state index contributed by atoms with van der Waals surface area (Å²) < 4.78 is 1.45. The van der Waals surface area contributed by atoms with E-state index < -0.39 is 0 Å². The molecule has 0 radical (unpaired) electrons. The van der Waals surface area contributed by atoms with Crippen molar-refractivity contribution >= 4 is 23.5 Å². The highest BCUT2D eigenvalue weighted by molar-refractivity contribution is 8.24. The normalized spacial score (nSPS) is 20.3. The van der Waals surface area contributed by atoms with Crippen LogP contribution >= 0.6 is 23.5 Å². The van der Waals surface area contributed by atoms with Gasteiger partial charge in [-0.1, -0.05) is 84.3 Å². The molecule has 3 aliphatic rings. The van der Waals surface area contributed by atoms with Crippen LogP contribution in [0.5, 0.6) is 0 Å². The maximum absolute atomic E-state index is 2.30. The summed E-state index contributed by atoms with van der Waals surface area (Å²) in [5.74, 6) is 0.883. The highest BCUT2D eigenvalue weighted by Crippen LogP contribution is 2.54. The zero-order valence-electron chi connectivity index (χ0n) is 10.9. The van der Waals surface area contributed by atoms with Crippen molar-refractivity contribution in [3.05, 3.63) is 82.7 Å². The fourth-order valence-corrected chi connectivity index (χ4v) is 5.50. The molecule has 0 bridgehead atoms. The van der Waals surface area contributed by atoms with E-state index in [-0.39, 0.29) is 0 Å². The Morgan fingerprint density at radius 3 is 1.60 bits per heavy atom. The number of benzene rings is 1. The van der Waals surface area contributed by atoms with Crippen LogP contribution in [0.25, 0.3) is 0 Å². The van der Waals surface area contributed by atoms with Crippen LogP contribution in [0.3, 0.4) is 0 Å². The van der Waals surface area contributed by atoms with E-state index in [1.807, 2.05) is 23.5 Å². The van der Waals surface area contributed by atoms with E-state index in [1.54, 1.807) is 0 Å². The van der Waals surface area contributed by atoms with Crippen molar-refractivity contribution in [3.63, 3.8) is 0 Å². The second kappa shape index (κ2) is 5.19. The van der Waals surface area contributed by atoms with Gasteiger partial charge in [-0.15, -0.1) is 0 Å². The van der Waals surface area contributed by atoms with Gasteiger partial charge in [-0.05, 0) is 17.7 Å². The van der Waals surface area contributed by atoms with Gasteiger partial charge in [0, 0.05) is 21.6 Å². The fourth-order valence-electron chi connectivity index (χ4n) is 2.73. The molecule has 1 aromatic carbocycles. The third-order valence-electron chi connectivity index (χ3n) is 3.70. The fraction of sp³-hybridized carbons (Fsp3) is 0.111. The third-order valence-corrected chi connectivity index (χ3v) is 6.33. The molecule has 0 unspecified atom stereocenters. The van der Waals surface area contributed by atoms with Gasteiger partial charge in [0.2, 0.25) is 0 Å². The van der Waals surface area contributed by atoms with Crippen LogP contribution in [0.1, 0.15) is 0 Å². The Bertz CT molecular complexity index is 608. The van der Waals surface area contributed by atoms with Crippen LogP contribution in [0.2, 0.25) is 0 Å². The van der Waals surface area contributed by atoms with Crippen LogP contribution < -0.4 is 0 Å². The predicted molar refractivity (Wildman–Crippen MR) is 88.7 cm³/mol. The Labute approximate surface area is 128 Å². The smallest absolute Gasteiger partial charge is 0.0509 e. The molecule has 1 aromatic rings. The molecular formula is C18H14S2. The van der Waals surface area contributed by atoms with Gasteiger partial charge >= 0.3 is 0 Å². The molecule has 98 valence electrons. The van der Waals surface area contributed by atoms with Gasteiger partial charge in [0.15, 0.2) is 0 Å².